The van der Waals surface area contributed by atoms with Gasteiger partial charge in [-0.25, -0.2) is 4.39 Å². The summed E-state index contributed by atoms with van der Waals surface area (Å²) in [5.41, 5.74) is 3.68. The van der Waals surface area contributed by atoms with Crippen molar-refractivity contribution < 1.29 is 9.18 Å². The lowest BCUT2D eigenvalue weighted by atomic mass is 10.0. The number of aryl methyl sites for hydroxylation is 2. The van der Waals surface area contributed by atoms with Crippen LogP contribution < -0.4 is 10.2 Å². The topological polar surface area (TPSA) is 56.1 Å². The Kier molecular flexibility index (Phi) is 6.10. The van der Waals surface area contributed by atoms with Gasteiger partial charge in [0.15, 0.2) is 0 Å². The highest BCUT2D eigenvalue weighted by Crippen LogP contribution is 2.28. The van der Waals surface area contributed by atoms with E-state index in [2.05, 4.69) is 12.2 Å². The van der Waals surface area contributed by atoms with Gasteiger partial charge >= 0.3 is 0 Å². The van der Waals surface area contributed by atoms with E-state index >= 15 is 0 Å². The predicted octanol–water partition coefficient (Wildman–Crippen LogP) is 4.84. The molecule has 144 valence electrons. The number of nitrogens with one attached hydrogen (secondary N) is 1. The van der Waals surface area contributed by atoms with Gasteiger partial charge in [0.1, 0.15) is 17.5 Å². The number of halogens is 1. The standard InChI is InChI=1S/C23H24FN3O/c1-3-17-6-8-20(9-7-17)26-23(28)19(15-25)13-18-14-21(24)22(12-16(18)2)27-10-4-5-11-27/h6-9,12-14H,3-5,10-11H2,1-2H3,(H,26,28)/b19-13-. The second-order valence-electron chi connectivity index (χ2n) is 7.03. The van der Waals surface area contributed by atoms with Crippen LogP contribution in [0.25, 0.3) is 6.08 Å². The number of carbonyl (C=O) groups excluding carboxylic acids is 1. The summed E-state index contributed by atoms with van der Waals surface area (Å²) in [5.74, 6) is -0.832. The maximum atomic E-state index is 14.6. The van der Waals surface area contributed by atoms with Gasteiger partial charge < -0.3 is 10.2 Å². The van der Waals surface area contributed by atoms with E-state index in [1.165, 1.54) is 17.7 Å². The fourth-order valence-electron chi connectivity index (χ4n) is 3.36. The Balaban J connectivity index is 1.82. The monoisotopic (exact) mass is 377 g/mol. The molecule has 0 bridgehead atoms. The highest BCUT2D eigenvalue weighted by atomic mass is 19.1. The molecular weight excluding hydrogens is 353 g/mol. The maximum absolute atomic E-state index is 14.6. The average molecular weight is 377 g/mol. The third-order valence-corrected chi connectivity index (χ3v) is 5.07. The molecule has 1 saturated heterocycles. The van der Waals surface area contributed by atoms with Crippen molar-refractivity contribution in [1.29, 1.82) is 5.26 Å². The third kappa shape index (κ3) is 4.40. The summed E-state index contributed by atoms with van der Waals surface area (Å²) in [7, 11) is 0. The van der Waals surface area contributed by atoms with E-state index in [4.69, 9.17) is 0 Å². The molecule has 1 aliphatic heterocycles. The molecule has 1 aliphatic rings. The predicted molar refractivity (Wildman–Crippen MR) is 111 cm³/mol. The maximum Gasteiger partial charge on any atom is 0.266 e. The van der Waals surface area contributed by atoms with Gasteiger partial charge in [-0.1, -0.05) is 19.1 Å². The van der Waals surface area contributed by atoms with Crippen molar-refractivity contribution in [2.75, 3.05) is 23.3 Å². The molecule has 1 N–H and O–H groups in total. The molecule has 1 fully saturated rings. The molecule has 1 heterocycles. The van der Waals surface area contributed by atoms with Gasteiger partial charge in [-0.15, -0.1) is 0 Å². The zero-order valence-electron chi connectivity index (χ0n) is 16.3. The van der Waals surface area contributed by atoms with Crippen LogP contribution in [0.5, 0.6) is 0 Å². The first-order chi connectivity index (χ1) is 13.5. The number of hydrogen-bond acceptors (Lipinski definition) is 3. The van der Waals surface area contributed by atoms with Crippen molar-refractivity contribution in [3.8, 4) is 6.07 Å². The first-order valence-electron chi connectivity index (χ1n) is 9.59. The number of nitrogens with zero attached hydrogens (tertiary/aromatic N) is 2. The number of nitriles is 1. The van der Waals surface area contributed by atoms with Gasteiger partial charge in [0.2, 0.25) is 0 Å². The lowest BCUT2D eigenvalue weighted by Gasteiger charge is -2.19. The highest BCUT2D eigenvalue weighted by Gasteiger charge is 2.18. The Labute approximate surface area is 165 Å². The number of anilines is 2. The second kappa shape index (κ2) is 8.71. The van der Waals surface area contributed by atoms with Crippen LogP contribution in [-0.2, 0) is 11.2 Å². The van der Waals surface area contributed by atoms with Gasteiger partial charge in [-0.2, -0.15) is 5.26 Å². The summed E-state index contributed by atoms with van der Waals surface area (Å²) in [5, 5.41) is 12.1. The van der Waals surface area contributed by atoms with Crippen molar-refractivity contribution >= 4 is 23.4 Å². The number of rotatable bonds is 5. The fourth-order valence-corrected chi connectivity index (χ4v) is 3.36. The molecule has 5 heteroatoms. The summed E-state index contributed by atoms with van der Waals surface area (Å²) in [6.07, 6.45) is 4.49. The Morgan fingerprint density at radius 2 is 1.93 bits per heavy atom. The van der Waals surface area contributed by atoms with Gasteiger partial charge in [0.05, 0.1) is 5.69 Å². The molecule has 0 radical (unpaired) electrons. The largest absolute Gasteiger partial charge is 0.369 e. The van der Waals surface area contributed by atoms with Crippen LogP contribution in [0.4, 0.5) is 15.8 Å². The molecule has 2 aromatic rings. The van der Waals surface area contributed by atoms with Gasteiger partial charge in [0, 0.05) is 18.8 Å². The van der Waals surface area contributed by atoms with Crippen LogP contribution in [-0.4, -0.2) is 19.0 Å². The Morgan fingerprint density at radius 1 is 1.25 bits per heavy atom. The minimum Gasteiger partial charge on any atom is -0.369 e. The molecule has 0 aromatic heterocycles. The van der Waals surface area contributed by atoms with Gasteiger partial charge in [0.25, 0.3) is 5.91 Å². The first-order valence-corrected chi connectivity index (χ1v) is 9.59. The molecule has 1 amide bonds. The van der Waals surface area contributed by atoms with E-state index in [-0.39, 0.29) is 11.4 Å². The summed E-state index contributed by atoms with van der Waals surface area (Å²) < 4.78 is 14.6. The Morgan fingerprint density at radius 3 is 2.54 bits per heavy atom. The molecular formula is C23H24FN3O. The van der Waals surface area contributed by atoms with Crippen molar-refractivity contribution in [2.45, 2.75) is 33.1 Å². The van der Waals surface area contributed by atoms with Crippen LogP contribution in [0.3, 0.4) is 0 Å². The summed E-state index contributed by atoms with van der Waals surface area (Å²) in [6, 6.07) is 12.6. The fraction of sp³-hybridized carbons (Fsp3) is 0.304. The minimum absolute atomic E-state index is 0.0593. The van der Waals surface area contributed by atoms with Crippen LogP contribution >= 0.6 is 0 Å². The van der Waals surface area contributed by atoms with Crippen LogP contribution in [0.1, 0.15) is 36.5 Å². The SMILES string of the molecule is CCc1ccc(NC(=O)/C(C#N)=C\c2cc(F)c(N3CCCC3)cc2C)cc1. The van der Waals surface area contributed by atoms with Crippen molar-refractivity contribution in [2.24, 2.45) is 0 Å². The smallest absolute Gasteiger partial charge is 0.266 e. The quantitative estimate of drug-likeness (QED) is 0.599. The van der Waals surface area contributed by atoms with E-state index in [0.717, 1.165) is 37.9 Å². The summed E-state index contributed by atoms with van der Waals surface area (Å²) in [4.78, 5) is 14.5. The normalized spacial score (nSPS) is 14.1. The van der Waals surface area contributed by atoms with E-state index in [9.17, 15) is 14.4 Å². The lowest BCUT2D eigenvalue weighted by molar-refractivity contribution is -0.112. The third-order valence-electron chi connectivity index (χ3n) is 5.07. The molecule has 2 aromatic carbocycles. The van der Waals surface area contributed by atoms with E-state index in [0.29, 0.717) is 16.9 Å². The average Bonchev–Trinajstić information content (AvgIpc) is 3.23. The molecule has 0 saturated carbocycles. The molecule has 0 unspecified atom stereocenters. The van der Waals surface area contributed by atoms with Crippen molar-refractivity contribution in [3.63, 3.8) is 0 Å². The minimum atomic E-state index is -0.504. The number of hydrogen-bond donors (Lipinski definition) is 1. The van der Waals surface area contributed by atoms with Crippen LogP contribution in [0, 0.1) is 24.1 Å². The zero-order chi connectivity index (χ0) is 20.1. The van der Waals surface area contributed by atoms with E-state index in [1.807, 2.05) is 42.2 Å². The number of benzene rings is 2. The van der Waals surface area contributed by atoms with Gasteiger partial charge in [-0.3, -0.25) is 4.79 Å². The van der Waals surface area contributed by atoms with Crippen molar-refractivity contribution in [3.05, 3.63) is 64.5 Å². The molecule has 4 nitrogen and oxygen atoms in total. The number of carbonyl (C=O) groups is 1. The Hall–Kier alpha value is -3.13. The second-order valence-corrected chi connectivity index (χ2v) is 7.03. The van der Waals surface area contributed by atoms with E-state index < -0.39 is 5.91 Å². The summed E-state index contributed by atoms with van der Waals surface area (Å²) in [6.45, 7) is 5.63. The molecule has 3 rings (SSSR count). The highest BCUT2D eigenvalue weighted by molar-refractivity contribution is 6.09. The number of amides is 1. The van der Waals surface area contributed by atoms with Crippen molar-refractivity contribution in [1.82, 2.24) is 0 Å². The lowest BCUT2D eigenvalue weighted by Crippen LogP contribution is -2.19. The zero-order valence-corrected chi connectivity index (χ0v) is 16.3. The molecule has 28 heavy (non-hydrogen) atoms. The first kappa shape index (κ1) is 19.6. The molecule has 0 spiro atoms. The summed E-state index contributed by atoms with van der Waals surface area (Å²) >= 11 is 0. The van der Waals surface area contributed by atoms with Gasteiger partial charge in [-0.05, 0) is 73.2 Å². The van der Waals surface area contributed by atoms with Crippen LogP contribution in [0.15, 0.2) is 42.0 Å². The van der Waals surface area contributed by atoms with Crippen LogP contribution in [0.2, 0.25) is 0 Å². The Bertz CT molecular complexity index is 936. The molecule has 0 aliphatic carbocycles. The van der Waals surface area contributed by atoms with E-state index in [1.54, 1.807) is 6.07 Å². The molecule has 0 atom stereocenters.